The van der Waals surface area contributed by atoms with E-state index in [1.165, 1.54) is 12.1 Å². The van der Waals surface area contributed by atoms with Gasteiger partial charge in [-0.2, -0.15) is 0 Å². The molecule has 1 fully saturated rings. The van der Waals surface area contributed by atoms with Crippen LogP contribution >= 0.6 is 0 Å². The quantitative estimate of drug-likeness (QED) is 0.870. The van der Waals surface area contributed by atoms with Gasteiger partial charge in [0.15, 0.2) is 0 Å². The fraction of sp³-hybridized carbons (Fsp3) is 0.500. The number of amides is 1. The predicted octanol–water partition coefficient (Wildman–Crippen LogP) is 1.58. The lowest BCUT2D eigenvalue weighted by Gasteiger charge is -2.30. The number of nitrogens with one attached hydrogen (secondary N) is 2. The van der Waals surface area contributed by atoms with Crippen LogP contribution < -0.4 is 10.6 Å². The monoisotopic (exact) mass is 268 g/mol. The Balaban J connectivity index is 2.02. The van der Waals surface area contributed by atoms with Crippen molar-refractivity contribution in [2.45, 2.75) is 19.3 Å². The molecule has 0 saturated carbocycles. The van der Waals surface area contributed by atoms with Gasteiger partial charge in [0.2, 0.25) is 5.91 Å². The molecule has 0 aromatic heterocycles. The molecule has 1 aromatic carbocycles. The van der Waals surface area contributed by atoms with Crippen molar-refractivity contribution in [3.05, 3.63) is 35.4 Å². The lowest BCUT2D eigenvalue weighted by atomic mass is 9.84. The molecule has 2 N–H and O–H groups in total. The summed E-state index contributed by atoms with van der Waals surface area (Å²) in [6.45, 7) is 5.35. The van der Waals surface area contributed by atoms with E-state index in [0.29, 0.717) is 25.2 Å². The van der Waals surface area contributed by atoms with Crippen LogP contribution in [0.15, 0.2) is 18.2 Å². The average Bonchev–Trinajstić information content (AvgIpc) is 2.23. The van der Waals surface area contributed by atoms with Gasteiger partial charge in [-0.05, 0) is 11.6 Å². The average molecular weight is 268 g/mol. The van der Waals surface area contributed by atoms with Gasteiger partial charge in [0, 0.05) is 31.1 Å². The highest BCUT2D eigenvalue weighted by Gasteiger charge is 2.29. The Morgan fingerprint density at radius 2 is 2.11 bits per heavy atom. The summed E-state index contributed by atoms with van der Waals surface area (Å²) >= 11 is 0. The number of rotatable bonds is 4. The van der Waals surface area contributed by atoms with E-state index in [2.05, 4.69) is 10.6 Å². The maximum absolute atomic E-state index is 13.7. The van der Waals surface area contributed by atoms with Crippen LogP contribution in [0, 0.1) is 17.6 Å². The highest BCUT2D eigenvalue weighted by molar-refractivity contribution is 5.80. The van der Waals surface area contributed by atoms with Crippen molar-refractivity contribution in [3.63, 3.8) is 0 Å². The summed E-state index contributed by atoms with van der Waals surface area (Å²) in [5, 5.41) is 5.85. The topological polar surface area (TPSA) is 41.1 Å². The van der Waals surface area contributed by atoms with Gasteiger partial charge in [0.05, 0.1) is 5.92 Å². The van der Waals surface area contributed by atoms with Crippen LogP contribution in [0.25, 0.3) is 0 Å². The molecule has 3 nitrogen and oxygen atoms in total. The summed E-state index contributed by atoms with van der Waals surface area (Å²) in [7, 11) is 0. The number of benzene rings is 1. The smallest absolute Gasteiger partial charge is 0.225 e. The van der Waals surface area contributed by atoms with Gasteiger partial charge in [0.25, 0.3) is 0 Å². The molecule has 1 aliphatic heterocycles. The van der Waals surface area contributed by atoms with Gasteiger partial charge in [-0.1, -0.05) is 19.9 Å². The third-order valence-corrected chi connectivity index (χ3v) is 3.52. The largest absolute Gasteiger partial charge is 0.355 e. The first-order chi connectivity index (χ1) is 8.90. The van der Waals surface area contributed by atoms with Crippen molar-refractivity contribution in [1.29, 1.82) is 0 Å². The molecule has 5 heteroatoms. The Labute approximate surface area is 111 Å². The van der Waals surface area contributed by atoms with E-state index in [1.807, 2.05) is 13.8 Å². The van der Waals surface area contributed by atoms with Gasteiger partial charge < -0.3 is 10.6 Å². The third-order valence-electron chi connectivity index (χ3n) is 3.52. The van der Waals surface area contributed by atoms with Crippen LogP contribution in [0.2, 0.25) is 0 Å². The van der Waals surface area contributed by atoms with Crippen molar-refractivity contribution < 1.29 is 13.6 Å². The molecule has 0 unspecified atom stereocenters. The first kappa shape index (κ1) is 13.9. The Hall–Kier alpha value is -1.49. The Kier molecular flexibility index (Phi) is 3.85. The minimum Gasteiger partial charge on any atom is -0.355 e. The lowest BCUT2D eigenvalue weighted by Crippen LogP contribution is -2.52. The summed E-state index contributed by atoms with van der Waals surface area (Å²) in [6.07, 6.45) is 0. The van der Waals surface area contributed by atoms with Crippen LogP contribution in [0.3, 0.4) is 0 Å². The second kappa shape index (κ2) is 5.25. The zero-order chi connectivity index (χ0) is 14.0. The zero-order valence-electron chi connectivity index (χ0n) is 11.1. The van der Waals surface area contributed by atoms with Crippen LogP contribution in [-0.4, -0.2) is 25.5 Å². The second-order valence-electron chi connectivity index (χ2n) is 5.58. The number of halogens is 2. The maximum atomic E-state index is 13.7. The lowest BCUT2D eigenvalue weighted by molar-refractivity contribution is -0.126. The normalized spacial score (nSPS) is 16.0. The SMILES string of the molecule is CC(C)(CNC(=O)C1CNC1)c1ccc(F)cc1F. The molecular formula is C14H18F2N2O. The number of carbonyl (C=O) groups is 1. The molecule has 19 heavy (non-hydrogen) atoms. The van der Waals surface area contributed by atoms with E-state index in [1.54, 1.807) is 0 Å². The number of hydrogen-bond acceptors (Lipinski definition) is 2. The maximum Gasteiger partial charge on any atom is 0.225 e. The van der Waals surface area contributed by atoms with Gasteiger partial charge in [-0.15, -0.1) is 0 Å². The Bertz CT molecular complexity index is 484. The first-order valence-electron chi connectivity index (χ1n) is 6.34. The van der Waals surface area contributed by atoms with E-state index in [-0.39, 0.29) is 11.8 Å². The molecule has 1 aromatic rings. The van der Waals surface area contributed by atoms with E-state index in [9.17, 15) is 13.6 Å². The third kappa shape index (κ3) is 3.10. The van der Waals surface area contributed by atoms with E-state index >= 15 is 0 Å². The fourth-order valence-electron chi connectivity index (χ4n) is 2.06. The molecule has 0 atom stereocenters. The van der Waals surface area contributed by atoms with Crippen molar-refractivity contribution >= 4 is 5.91 Å². The van der Waals surface area contributed by atoms with Gasteiger partial charge >= 0.3 is 0 Å². The summed E-state index contributed by atoms with van der Waals surface area (Å²) in [5.41, 5.74) is -0.175. The molecule has 104 valence electrons. The molecule has 1 saturated heterocycles. The number of hydrogen-bond donors (Lipinski definition) is 2. The highest BCUT2D eigenvalue weighted by atomic mass is 19.1. The van der Waals surface area contributed by atoms with E-state index in [4.69, 9.17) is 0 Å². The van der Waals surface area contributed by atoms with Crippen molar-refractivity contribution in [3.8, 4) is 0 Å². The van der Waals surface area contributed by atoms with Crippen molar-refractivity contribution in [2.24, 2.45) is 5.92 Å². The van der Waals surface area contributed by atoms with Crippen LogP contribution in [0.5, 0.6) is 0 Å². The predicted molar refractivity (Wildman–Crippen MR) is 68.8 cm³/mol. The molecule has 0 aliphatic carbocycles. The number of carbonyl (C=O) groups excluding carboxylic acids is 1. The van der Waals surface area contributed by atoms with E-state index < -0.39 is 17.0 Å². The Morgan fingerprint density at radius 1 is 1.42 bits per heavy atom. The molecule has 1 aliphatic rings. The zero-order valence-corrected chi connectivity index (χ0v) is 11.1. The second-order valence-corrected chi connectivity index (χ2v) is 5.58. The summed E-state index contributed by atoms with van der Waals surface area (Å²) in [6, 6.07) is 3.54. The highest BCUT2D eigenvalue weighted by Crippen LogP contribution is 2.25. The summed E-state index contributed by atoms with van der Waals surface area (Å²) < 4.78 is 26.6. The fourth-order valence-corrected chi connectivity index (χ4v) is 2.06. The molecule has 2 rings (SSSR count). The molecule has 0 radical (unpaired) electrons. The molecule has 1 heterocycles. The van der Waals surface area contributed by atoms with Crippen molar-refractivity contribution in [1.82, 2.24) is 10.6 Å². The molecule has 0 bridgehead atoms. The summed E-state index contributed by atoms with van der Waals surface area (Å²) in [5.74, 6) is -1.19. The van der Waals surface area contributed by atoms with Crippen molar-refractivity contribution in [2.75, 3.05) is 19.6 Å². The van der Waals surface area contributed by atoms with Crippen LogP contribution in [0.1, 0.15) is 19.4 Å². The molecule has 0 spiro atoms. The minimum absolute atomic E-state index is 0.00821. The van der Waals surface area contributed by atoms with Crippen LogP contribution in [-0.2, 0) is 10.2 Å². The van der Waals surface area contributed by atoms with E-state index in [0.717, 1.165) is 6.07 Å². The van der Waals surface area contributed by atoms with Gasteiger partial charge in [0.1, 0.15) is 11.6 Å². The first-order valence-corrected chi connectivity index (χ1v) is 6.34. The van der Waals surface area contributed by atoms with Crippen LogP contribution in [0.4, 0.5) is 8.78 Å². The summed E-state index contributed by atoms with van der Waals surface area (Å²) in [4.78, 5) is 11.7. The Morgan fingerprint density at radius 3 is 2.63 bits per heavy atom. The molecule has 1 amide bonds. The minimum atomic E-state index is -0.596. The van der Waals surface area contributed by atoms with Gasteiger partial charge in [-0.3, -0.25) is 4.79 Å². The standard InChI is InChI=1S/C14H18F2N2O/c1-14(2,8-18-13(19)9-6-17-7-9)11-4-3-10(15)5-12(11)16/h3-5,9,17H,6-8H2,1-2H3,(H,18,19). The molecular weight excluding hydrogens is 250 g/mol. The van der Waals surface area contributed by atoms with Gasteiger partial charge in [-0.25, -0.2) is 8.78 Å².